The second-order valence-electron chi connectivity index (χ2n) is 2.80. The lowest BCUT2D eigenvalue weighted by molar-refractivity contribution is -0.603. The molecule has 0 aliphatic carbocycles. The fourth-order valence-corrected chi connectivity index (χ4v) is 1.33. The van der Waals surface area contributed by atoms with E-state index in [-0.39, 0.29) is 16.0 Å². The maximum Gasteiger partial charge on any atom is 0.440 e. The molecule has 15 heavy (non-hydrogen) atoms. The van der Waals surface area contributed by atoms with Crippen LogP contribution in [0.5, 0.6) is 0 Å². The Balaban J connectivity index is 2.56. The summed E-state index contributed by atoms with van der Waals surface area (Å²) in [7, 11) is 0. The van der Waals surface area contributed by atoms with Crippen LogP contribution in [0.4, 0.5) is 5.82 Å². The lowest BCUT2D eigenvalue weighted by atomic mass is 10.5. The van der Waals surface area contributed by atoms with Crippen molar-refractivity contribution >= 4 is 29.0 Å². The molecular formula is C9H7Cl2N4+. The SMILES string of the molecule is Nc1nc(-[n+]2ccccc2)nc(Cl)c1Cl. The summed E-state index contributed by atoms with van der Waals surface area (Å²) < 4.78 is 1.69. The van der Waals surface area contributed by atoms with Crippen molar-refractivity contribution in [1.82, 2.24) is 9.97 Å². The summed E-state index contributed by atoms with van der Waals surface area (Å²) in [6.45, 7) is 0. The zero-order valence-corrected chi connectivity index (χ0v) is 9.07. The Hall–Kier alpha value is -1.39. The third-order valence-electron chi connectivity index (χ3n) is 1.77. The van der Waals surface area contributed by atoms with Gasteiger partial charge in [-0.05, 0) is 28.7 Å². The molecule has 2 aromatic heterocycles. The molecule has 4 nitrogen and oxygen atoms in total. The number of rotatable bonds is 1. The molecule has 0 saturated heterocycles. The second-order valence-corrected chi connectivity index (χ2v) is 3.53. The average Bonchev–Trinajstić information content (AvgIpc) is 2.26. The molecule has 0 aromatic carbocycles. The van der Waals surface area contributed by atoms with E-state index in [0.29, 0.717) is 5.95 Å². The fourth-order valence-electron chi connectivity index (χ4n) is 1.07. The third kappa shape index (κ3) is 2.00. The molecule has 2 heterocycles. The number of pyridine rings is 1. The molecule has 2 rings (SSSR count). The van der Waals surface area contributed by atoms with Crippen molar-refractivity contribution in [2.24, 2.45) is 0 Å². The number of hydrogen-bond donors (Lipinski definition) is 1. The van der Waals surface area contributed by atoms with Crippen LogP contribution in [0.15, 0.2) is 30.6 Å². The van der Waals surface area contributed by atoms with Gasteiger partial charge in [0.2, 0.25) is 11.0 Å². The van der Waals surface area contributed by atoms with Crippen molar-refractivity contribution < 1.29 is 4.57 Å². The van der Waals surface area contributed by atoms with Crippen LogP contribution in [0.25, 0.3) is 5.95 Å². The Morgan fingerprint density at radius 1 is 1.07 bits per heavy atom. The van der Waals surface area contributed by atoms with E-state index in [1.165, 1.54) is 0 Å². The van der Waals surface area contributed by atoms with Crippen molar-refractivity contribution in [3.05, 3.63) is 40.8 Å². The van der Waals surface area contributed by atoms with Crippen molar-refractivity contribution in [2.75, 3.05) is 5.73 Å². The highest BCUT2D eigenvalue weighted by molar-refractivity contribution is 6.42. The van der Waals surface area contributed by atoms with Crippen molar-refractivity contribution in [3.8, 4) is 5.95 Å². The summed E-state index contributed by atoms with van der Waals surface area (Å²) >= 11 is 11.5. The van der Waals surface area contributed by atoms with E-state index in [0.717, 1.165) is 0 Å². The zero-order chi connectivity index (χ0) is 10.8. The fraction of sp³-hybridized carbons (Fsp3) is 0. The quantitative estimate of drug-likeness (QED) is 0.611. The molecule has 0 atom stereocenters. The highest BCUT2D eigenvalue weighted by Crippen LogP contribution is 2.23. The van der Waals surface area contributed by atoms with Crippen LogP contribution >= 0.6 is 23.2 Å². The predicted octanol–water partition coefficient (Wildman–Crippen LogP) is 1.64. The van der Waals surface area contributed by atoms with Crippen LogP contribution < -0.4 is 10.3 Å². The summed E-state index contributed by atoms with van der Waals surface area (Å²) in [4.78, 5) is 8.03. The number of hydrogen-bond acceptors (Lipinski definition) is 3. The van der Waals surface area contributed by atoms with Crippen LogP contribution in [0, 0.1) is 0 Å². The smallest absolute Gasteiger partial charge is 0.368 e. The number of nitrogens with two attached hydrogens (primary N) is 1. The molecule has 0 unspecified atom stereocenters. The van der Waals surface area contributed by atoms with Gasteiger partial charge in [-0.1, -0.05) is 22.7 Å². The van der Waals surface area contributed by atoms with Crippen molar-refractivity contribution in [1.29, 1.82) is 0 Å². The molecule has 0 spiro atoms. The molecule has 0 saturated carbocycles. The molecule has 0 aliphatic heterocycles. The van der Waals surface area contributed by atoms with E-state index in [1.807, 2.05) is 18.2 Å². The molecule has 0 radical (unpaired) electrons. The molecular weight excluding hydrogens is 235 g/mol. The Labute approximate surface area is 96.3 Å². The van der Waals surface area contributed by atoms with Gasteiger partial charge in [0.15, 0.2) is 5.02 Å². The number of halogens is 2. The van der Waals surface area contributed by atoms with Gasteiger partial charge in [-0.25, -0.2) is 4.57 Å². The van der Waals surface area contributed by atoms with Crippen molar-refractivity contribution in [3.63, 3.8) is 0 Å². The Morgan fingerprint density at radius 2 is 1.73 bits per heavy atom. The summed E-state index contributed by atoms with van der Waals surface area (Å²) in [6.07, 6.45) is 3.58. The molecule has 6 heteroatoms. The molecule has 0 aliphatic rings. The van der Waals surface area contributed by atoms with Crippen LogP contribution in [0.2, 0.25) is 10.2 Å². The van der Waals surface area contributed by atoms with Crippen LogP contribution in [0.1, 0.15) is 0 Å². The van der Waals surface area contributed by atoms with Crippen LogP contribution in [-0.4, -0.2) is 9.97 Å². The first-order chi connectivity index (χ1) is 7.18. The van der Waals surface area contributed by atoms with Gasteiger partial charge >= 0.3 is 5.95 Å². The number of nitrogen functional groups attached to an aromatic ring is 1. The largest absolute Gasteiger partial charge is 0.440 e. The number of aromatic nitrogens is 3. The van der Waals surface area contributed by atoms with E-state index in [1.54, 1.807) is 17.0 Å². The van der Waals surface area contributed by atoms with Gasteiger partial charge in [-0.2, -0.15) is 0 Å². The number of anilines is 1. The highest BCUT2D eigenvalue weighted by atomic mass is 35.5. The maximum atomic E-state index is 5.79. The minimum Gasteiger partial charge on any atom is -0.368 e. The molecule has 76 valence electrons. The van der Waals surface area contributed by atoms with Gasteiger partial charge in [0, 0.05) is 0 Å². The molecule has 2 aromatic rings. The molecule has 2 N–H and O–H groups in total. The van der Waals surface area contributed by atoms with E-state index < -0.39 is 0 Å². The van der Waals surface area contributed by atoms with E-state index in [2.05, 4.69) is 9.97 Å². The van der Waals surface area contributed by atoms with Gasteiger partial charge in [-0.3, -0.25) is 0 Å². The van der Waals surface area contributed by atoms with E-state index in [4.69, 9.17) is 28.9 Å². The maximum absolute atomic E-state index is 5.79. The lowest BCUT2D eigenvalue weighted by Crippen LogP contribution is -2.32. The van der Waals surface area contributed by atoms with Crippen LogP contribution in [-0.2, 0) is 0 Å². The van der Waals surface area contributed by atoms with Gasteiger partial charge < -0.3 is 5.73 Å². The zero-order valence-electron chi connectivity index (χ0n) is 7.56. The monoisotopic (exact) mass is 241 g/mol. The summed E-state index contributed by atoms with van der Waals surface area (Å²) in [5, 5.41) is 0.326. The molecule has 0 bridgehead atoms. The predicted molar refractivity (Wildman–Crippen MR) is 58.0 cm³/mol. The van der Waals surface area contributed by atoms with Gasteiger partial charge in [0.05, 0.1) is 12.4 Å². The van der Waals surface area contributed by atoms with Crippen molar-refractivity contribution in [2.45, 2.75) is 0 Å². The normalized spacial score (nSPS) is 10.3. The summed E-state index contributed by atoms with van der Waals surface area (Å²) in [6, 6.07) is 5.58. The third-order valence-corrected chi connectivity index (χ3v) is 2.51. The second kappa shape index (κ2) is 4.00. The Morgan fingerprint density at radius 3 is 2.33 bits per heavy atom. The topological polar surface area (TPSA) is 55.7 Å². The van der Waals surface area contributed by atoms with E-state index >= 15 is 0 Å². The minimum absolute atomic E-state index is 0.149. The first-order valence-electron chi connectivity index (χ1n) is 4.13. The lowest BCUT2D eigenvalue weighted by Gasteiger charge is -1.96. The summed E-state index contributed by atoms with van der Waals surface area (Å²) in [5.74, 6) is 0.561. The van der Waals surface area contributed by atoms with Crippen LogP contribution in [0.3, 0.4) is 0 Å². The number of nitrogens with zero attached hydrogens (tertiary/aromatic N) is 3. The van der Waals surface area contributed by atoms with Gasteiger partial charge in [0.1, 0.15) is 0 Å². The summed E-state index contributed by atoms with van der Waals surface area (Å²) in [5.41, 5.74) is 5.58. The standard InChI is InChI=1S/C9H7Cl2N4/c10-6-7(11)13-9(14-8(6)12)15-4-2-1-3-5-15/h1-5H,(H2,12,13,14)/q+1. The molecule has 0 amide bonds. The Bertz CT molecular complexity index is 464. The van der Waals surface area contributed by atoms with E-state index in [9.17, 15) is 0 Å². The minimum atomic E-state index is 0.149. The average molecular weight is 242 g/mol. The Kier molecular flexibility index (Phi) is 2.70. The first-order valence-corrected chi connectivity index (χ1v) is 4.89. The van der Waals surface area contributed by atoms with Gasteiger partial charge in [-0.15, -0.1) is 0 Å². The van der Waals surface area contributed by atoms with Gasteiger partial charge in [0.25, 0.3) is 0 Å². The molecule has 0 fully saturated rings. The first kappa shape index (κ1) is 10.1. The highest BCUT2D eigenvalue weighted by Gasteiger charge is 2.18.